The topological polar surface area (TPSA) is 159 Å². The van der Waals surface area contributed by atoms with E-state index in [1.807, 2.05) is 26.0 Å². The molecular weight excluding hydrogens is 410 g/mol. The van der Waals surface area contributed by atoms with E-state index in [0.29, 0.717) is 11.5 Å². The van der Waals surface area contributed by atoms with Crippen LogP contribution < -0.4 is 21.1 Å². The number of rotatable bonds is 6. The summed E-state index contributed by atoms with van der Waals surface area (Å²) in [6, 6.07) is 8.20. The van der Waals surface area contributed by atoms with Crippen LogP contribution in [0, 0.1) is 13.8 Å². The largest absolute Gasteiger partial charge is 0.512 e. The Labute approximate surface area is 175 Å². The number of hydrogen-bond donors (Lipinski definition) is 5. The molecule has 0 radical (unpaired) electrons. The zero-order chi connectivity index (χ0) is 21.8. The number of nitrogens with two attached hydrogens (primary N) is 1. The first-order valence-corrected chi connectivity index (χ1v) is 9.56. The van der Waals surface area contributed by atoms with Gasteiger partial charge >= 0.3 is 12.2 Å². The average molecular weight is 429 g/mol. The highest BCUT2D eigenvalue weighted by Gasteiger charge is 2.18. The van der Waals surface area contributed by atoms with Crippen LogP contribution in [0.3, 0.4) is 0 Å². The maximum Gasteiger partial charge on any atom is 0.512 e. The van der Waals surface area contributed by atoms with Crippen molar-refractivity contribution in [3.05, 3.63) is 57.9 Å². The number of carbonyl (C=O) groups excluding carboxylic acids is 2. The minimum Gasteiger partial charge on any atom is -0.449 e. The first kappa shape index (κ1) is 20.9. The number of thiophene rings is 1. The molecule has 156 valence electrons. The second-order valence-electron chi connectivity index (χ2n) is 6.43. The van der Waals surface area contributed by atoms with Gasteiger partial charge in [-0.1, -0.05) is 17.7 Å². The number of nitrogens with zero attached hydrogens (tertiary/aromatic N) is 1. The number of carboxylic acid groups (broad SMARTS) is 1. The molecule has 3 aromatic rings. The van der Waals surface area contributed by atoms with E-state index in [2.05, 4.69) is 25.3 Å². The third kappa shape index (κ3) is 5.14. The van der Waals surface area contributed by atoms with Crippen LogP contribution in [0.25, 0.3) is 0 Å². The summed E-state index contributed by atoms with van der Waals surface area (Å²) in [6.45, 7) is 3.82. The van der Waals surface area contributed by atoms with Crippen molar-refractivity contribution >= 4 is 40.9 Å². The van der Waals surface area contributed by atoms with Gasteiger partial charge in [-0.05, 0) is 37.6 Å². The summed E-state index contributed by atoms with van der Waals surface area (Å²) in [4.78, 5) is 42.5. The molecule has 0 atom stereocenters. The van der Waals surface area contributed by atoms with Crippen LogP contribution >= 0.6 is 11.3 Å². The third-order valence-corrected chi connectivity index (χ3v) is 4.99. The summed E-state index contributed by atoms with van der Waals surface area (Å²) in [5.41, 5.74) is 7.92. The molecule has 0 saturated carbocycles. The van der Waals surface area contributed by atoms with Crippen molar-refractivity contribution < 1.29 is 24.2 Å². The van der Waals surface area contributed by atoms with Gasteiger partial charge in [-0.25, -0.2) is 14.6 Å². The smallest absolute Gasteiger partial charge is 0.449 e. The fraction of sp³-hybridized carbons (Fsp3) is 0.158. The minimum absolute atomic E-state index is 0.00155. The number of carbonyl (C=O) groups is 3. The zero-order valence-corrected chi connectivity index (χ0v) is 16.9. The highest BCUT2D eigenvalue weighted by Crippen LogP contribution is 2.27. The Morgan fingerprint density at radius 2 is 1.97 bits per heavy atom. The molecule has 0 unspecified atom stereocenters. The van der Waals surface area contributed by atoms with E-state index < -0.39 is 18.1 Å². The van der Waals surface area contributed by atoms with Crippen molar-refractivity contribution in [3.63, 3.8) is 0 Å². The lowest BCUT2D eigenvalue weighted by atomic mass is 10.1. The number of aromatic amines is 1. The van der Waals surface area contributed by atoms with Crippen molar-refractivity contribution in [2.75, 3.05) is 10.6 Å². The standard InChI is InChI=1S/C19H19N5O5S/c1-9-3-5-12(10(2)7-9)21-18(26)24-17-15(16(20)25)22-13(23-17)8-11-4-6-14(30-11)29-19(27)28/h3-7H,8H2,1-2H3,(H2,20,25)(H,22,23)(H,27,28)(H2,21,24,26). The van der Waals surface area contributed by atoms with Crippen LogP contribution in [-0.2, 0) is 6.42 Å². The fourth-order valence-corrected chi connectivity index (χ4v) is 3.60. The van der Waals surface area contributed by atoms with E-state index in [4.69, 9.17) is 10.8 Å². The number of ether oxygens (including phenoxy) is 1. The molecule has 1 aromatic carbocycles. The second kappa shape index (κ2) is 8.66. The Bertz CT molecular complexity index is 1120. The Balaban J connectivity index is 1.73. The van der Waals surface area contributed by atoms with Crippen molar-refractivity contribution in [2.24, 2.45) is 5.73 Å². The Hall–Kier alpha value is -3.86. The fourth-order valence-electron chi connectivity index (χ4n) is 2.75. The molecular formula is C19H19N5O5S. The first-order chi connectivity index (χ1) is 14.2. The van der Waals surface area contributed by atoms with Gasteiger partial charge in [0.1, 0.15) is 11.5 Å². The Morgan fingerprint density at radius 3 is 2.63 bits per heavy atom. The summed E-state index contributed by atoms with van der Waals surface area (Å²) in [5.74, 6) is -0.413. The molecule has 3 amide bonds. The van der Waals surface area contributed by atoms with Gasteiger partial charge < -0.3 is 25.9 Å². The molecule has 6 N–H and O–H groups in total. The lowest BCUT2D eigenvalue weighted by molar-refractivity contribution is 0.0996. The SMILES string of the molecule is Cc1ccc(NC(=O)Nc2nc(Cc3ccc(OC(=O)O)s3)[nH]c2C(N)=O)c(C)c1. The van der Waals surface area contributed by atoms with E-state index in [-0.39, 0.29) is 23.0 Å². The summed E-state index contributed by atoms with van der Waals surface area (Å²) in [7, 11) is 0. The van der Waals surface area contributed by atoms with E-state index in [0.717, 1.165) is 27.3 Å². The minimum atomic E-state index is -1.40. The molecule has 0 spiro atoms. The zero-order valence-electron chi connectivity index (χ0n) is 16.1. The number of imidazole rings is 1. The number of aromatic nitrogens is 2. The van der Waals surface area contributed by atoms with Crippen LogP contribution in [0.2, 0.25) is 0 Å². The lowest BCUT2D eigenvalue weighted by Gasteiger charge is -2.09. The summed E-state index contributed by atoms with van der Waals surface area (Å²) < 4.78 is 4.59. The highest BCUT2D eigenvalue weighted by molar-refractivity contribution is 7.13. The quantitative estimate of drug-likeness (QED) is 0.377. The molecule has 0 aliphatic rings. The molecule has 3 rings (SSSR count). The number of anilines is 2. The molecule has 10 nitrogen and oxygen atoms in total. The molecule has 0 aliphatic carbocycles. The maximum atomic E-state index is 12.4. The van der Waals surface area contributed by atoms with Gasteiger partial charge in [0, 0.05) is 17.0 Å². The van der Waals surface area contributed by atoms with E-state index in [1.54, 1.807) is 12.1 Å². The number of aryl methyl sites for hydroxylation is 2. The number of hydrogen-bond acceptors (Lipinski definition) is 6. The van der Waals surface area contributed by atoms with E-state index in [1.165, 1.54) is 6.07 Å². The molecule has 2 heterocycles. The van der Waals surface area contributed by atoms with E-state index >= 15 is 0 Å². The van der Waals surface area contributed by atoms with Gasteiger partial charge in [0.15, 0.2) is 10.9 Å². The Kier molecular flexibility index (Phi) is 6.02. The van der Waals surface area contributed by atoms with Gasteiger partial charge in [-0.15, -0.1) is 11.3 Å². The number of amides is 3. The van der Waals surface area contributed by atoms with Crippen molar-refractivity contribution in [1.29, 1.82) is 0 Å². The van der Waals surface area contributed by atoms with Crippen molar-refractivity contribution in [2.45, 2.75) is 20.3 Å². The highest BCUT2D eigenvalue weighted by atomic mass is 32.1. The van der Waals surface area contributed by atoms with Gasteiger partial charge in [0.05, 0.1) is 0 Å². The molecule has 30 heavy (non-hydrogen) atoms. The lowest BCUT2D eigenvalue weighted by Crippen LogP contribution is -2.23. The van der Waals surface area contributed by atoms with Gasteiger partial charge in [-0.3, -0.25) is 10.1 Å². The molecule has 0 saturated heterocycles. The molecule has 0 aliphatic heterocycles. The van der Waals surface area contributed by atoms with Crippen LogP contribution in [0.5, 0.6) is 5.06 Å². The number of benzene rings is 1. The summed E-state index contributed by atoms with van der Waals surface area (Å²) in [5, 5.41) is 14.1. The average Bonchev–Trinajstić information content (AvgIpc) is 3.24. The van der Waals surface area contributed by atoms with Crippen LogP contribution in [0.4, 0.5) is 21.1 Å². The molecule has 0 fully saturated rings. The molecule has 2 aromatic heterocycles. The Morgan fingerprint density at radius 1 is 1.20 bits per heavy atom. The second-order valence-corrected chi connectivity index (χ2v) is 7.57. The monoisotopic (exact) mass is 429 g/mol. The third-order valence-electron chi connectivity index (χ3n) is 4.03. The van der Waals surface area contributed by atoms with Crippen LogP contribution in [-0.4, -0.2) is 33.2 Å². The van der Waals surface area contributed by atoms with Gasteiger partial charge in [-0.2, -0.15) is 0 Å². The van der Waals surface area contributed by atoms with Crippen LogP contribution in [0.1, 0.15) is 32.3 Å². The number of urea groups is 1. The van der Waals surface area contributed by atoms with Gasteiger partial charge in [0.2, 0.25) is 0 Å². The predicted molar refractivity (Wildman–Crippen MR) is 111 cm³/mol. The van der Waals surface area contributed by atoms with Crippen molar-refractivity contribution in [1.82, 2.24) is 9.97 Å². The predicted octanol–water partition coefficient (Wildman–Crippen LogP) is 3.48. The van der Waals surface area contributed by atoms with Gasteiger partial charge in [0.25, 0.3) is 5.91 Å². The number of nitrogens with one attached hydrogen (secondary N) is 3. The summed E-state index contributed by atoms with van der Waals surface area (Å²) >= 11 is 1.12. The number of primary amides is 1. The van der Waals surface area contributed by atoms with E-state index in [9.17, 15) is 14.4 Å². The summed E-state index contributed by atoms with van der Waals surface area (Å²) in [6.07, 6.45) is -1.15. The maximum absolute atomic E-state index is 12.4. The van der Waals surface area contributed by atoms with Crippen molar-refractivity contribution in [3.8, 4) is 5.06 Å². The molecule has 11 heteroatoms. The normalized spacial score (nSPS) is 10.5. The number of H-pyrrole nitrogens is 1. The first-order valence-electron chi connectivity index (χ1n) is 8.74. The molecule has 0 bridgehead atoms. The van der Waals surface area contributed by atoms with Crippen LogP contribution in [0.15, 0.2) is 30.3 Å².